The van der Waals surface area contributed by atoms with Crippen LogP contribution < -0.4 is 9.05 Å². The lowest BCUT2D eigenvalue weighted by molar-refractivity contribution is 0.118. The smallest absolute Gasteiger partial charge is 0.443 e. The van der Waals surface area contributed by atoms with E-state index in [0.29, 0.717) is 19.0 Å². The van der Waals surface area contributed by atoms with E-state index in [9.17, 15) is 13.3 Å². The van der Waals surface area contributed by atoms with Gasteiger partial charge >= 0.3 is 21.6 Å². The van der Waals surface area contributed by atoms with Gasteiger partial charge in [0, 0.05) is 43.4 Å². The average Bonchev–Trinajstić information content (AvgIpc) is 2.98. The normalized spacial score (nSPS) is 13.6. The van der Waals surface area contributed by atoms with Crippen LogP contribution in [0, 0.1) is 13.8 Å². The summed E-state index contributed by atoms with van der Waals surface area (Å²) in [5, 5.41) is 0. The van der Waals surface area contributed by atoms with Gasteiger partial charge in [0.25, 0.3) is 0 Å². The molecule has 52 heavy (non-hydrogen) atoms. The molecule has 306 valence electrons. The van der Waals surface area contributed by atoms with Gasteiger partial charge in [0.15, 0.2) is 0 Å². The predicted molar refractivity (Wildman–Crippen MR) is 222 cm³/mol. The fraction of sp³-hybridized carbons (Fsp3) is 0.636. The van der Waals surface area contributed by atoms with Crippen LogP contribution in [0.5, 0.6) is 11.5 Å². The maximum Gasteiger partial charge on any atom is 0.513 e. The number of rotatable bonds is 18. The van der Waals surface area contributed by atoms with Crippen LogP contribution in [0.4, 0.5) is 4.20 Å². The van der Waals surface area contributed by atoms with E-state index in [1.165, 1.54) is 25.3 Å². The van der Waals surface area contributed by atoms with Crippen molar-refractivity contribution in [3.63, 3.8) is 0 Å². The highest BCUT2D eigenvalue weighted by atomic mass is 35.7. The molecule has 0 heterocycles. The molecule has 0 fully saturated rings. The first-order valence-corrected chi connectivity index (χ1v) is 25.5. The summed E-state index contributed by atoms with van der Waals surface area (Å²) in [5.74, 6) is 1.48. The van der Waals surface area contributed by atoms with E-state index in [1.807, 2.05) is 62.4 Å². The van der Waals surface area contributed by atoms with E-state index in [-0.39, 0.29) is 13.5 Å². The van der Waals surface area contributed by atoms with Gasteiger partial charge in [0.05, 0.1) is 31.5 Å². The van der Waals surface area contributed by atoms with Crippen molar-refractivity contribution < 1.29 is 54.0 Å². The predicted octanol–water partition coefficient (Wildman–Crippen LogP) is 13.4. The summed E-state index contributed by atoms with van der Waals surface area (Å²) < 4.78 is 79.5. The third-order valence-corrected chi connectivity index (χ3v) is 13.9. The minimum Gasteiger partial charge on any atom is -0.443 e. The molecule has 0 aliphatic carbocycles. The SMILES string of the molecule is C.CC(C)OP(=O)(F)OC(C)C.CCCP(=S)(OCC)Oc1ccc(C)cc1.CCOP(=O)(Cl)OC(C)C.COP(=S)(OC)Oc1ccc(C)cc1. The standard InChI is InChI=1S/C12H19O2PS.C9H13O3PS.C6H14FO3P.C5H12ClO3P.CH4/c1-4-10-15(16,13-5-2)14-12-8-6-11(3)7-9-12;1-8-4-6-9(7-5-8)12-13(14,10-2)11-3;1-5(2)9-11(7,8)10-6(3)4;1-4-8-10(6,7)9-5(2)3;/h6-9H,4-5,10H2,1-3H3;4-7H,1-3H3;5-6H,1-4H3;5H,4H2,1-3H3;1H4. The largest absolute Gasteiger partial charge is 0.513 e. The maximum atomic E-state index is 12.7. The molecule has 0 radical (unpaired) electrons. The highest BCUT2D eigenvalue weighted by molar-refractivity contribution is 8.10. The third-order valence-electron chi connectivity index (χ3n) is 5.07. The van der Waals surface area contributed by atoms with Gasteiger partial charge in [-0.15, -0.1) is 4.20 Å². The molecule has 0 bridgehead atoms. The van der Waals surface area contributed by atoms with Crippen molar-refractivity contribution in [2.75, 3.05) is 33.6 Å². The lowest BCUT2D eigenvalue weighted by Gasteiger charge is -2.22. The summed E-state index contributed by atoms with van der Waals surface area (Å²) in [6.07, 6.45) is 0.789. The Morgan fingerprint density at radius 3 is 1.35 bits per heavy atom. The minimum absolute atomic E-state index is 0. The van der Waals surface area contributed by atoms with Crippen molar-refractivity contribution in [1.29, 1.82) is 0 Å². The Hall–Kier alpha value is -0.260. The number of hydrogen-bond donors (Lipinski definition) is 0. The minimum atomic E-state index is -4.30. The summed E-state index contributed by atoms with van der Waals surface area (Å²) in [6, 6.07) is 15.5. The lowest BCUT2D eigenvalue weighted by Crippen LogP contribution is -2.04. The summed E-state index contributed by atoms with van der Waals surface area (Å²) in [7, 11) is -1.34. The number of hydrogen-bond acceptors (Lipinski definition) is 13. The van der Waals surface area contributed by atoms with Crippen LogP contribution in [0.1, 0.15) is 87.3 Å². The summed E-state index contributed by atoms with van der Waals surface area (Å²) in [5.41, 5.74) is 2.38. The van der Waals surface area contributed by atoms with Crippen LogP contribution in [0.15, 0.2) is 48.5 Å². The van der Waals surface area contributed by atoms with Gasteiger partial charge in [0.1, 0.15) is 11.5 Å². The molecule has 19 heteroatoms. The number of halogens is 2. The van der Waals surface area contributed by atoms with Gasteiger partial charge in [-0.1, -0.05) is 49.7 Å². The van der Waals surface area contributed by atoms with Crippen LogP contribution in [-0.2, 0) is 64.4 Å². The maximum absolute atomic E-state index is 12.7. The van der Waals surface area contributed by atoms with Gasteiger partial charge in [0.2, 0.25) is 6.49 Å². The first-order valence-electron chi connectivity index (χ1n) is 16.3. The number of benzene rings is 2. The fourth-order valence-electron chi connectivity index (χ4n) is 3.21. The van der Waals surface area contributed by atoms with E-state index < -0.39 is 40.3 Å². The fourth-order valence-corrected chi connectivity index (χ4v) is 9.63. The van der Waals surface area contributed by atoms with Gasteiger partial charge in [-0.3, -0.25) is 18.1 Å². The van der Waals surface area contributed by atoms with E-state index in [0.717, 1.165) is 18.3 Å². The highest BCUT2D eigenvalue weighted by Gasteiger charge is 2.27. The van der Waals surface area contributed by atoms with Gasteiger partial charge in [-0.05, 0) is 112 Å². The molecule has 11 nitrogen and oxygen atoms in total. The molecular formula is C33H62ClFO11P4S2. The van der Waals surface area contributed by atoms with Crippen molar-refractivity contribution >= 4 is 62.9 Å². The zero-order chi connectivity index (χ0) is 39.9. The van der Waals surface area contributed by atoms with Crippen molar-refractivity contribution in [2.24, 2.45) is 0 Å². The molecule has 2 atom stereocenters. The molecule has 0 saturated carbocycles. The molecule has 2 aromatic rings. The Balaban J connectivity index is -0.000000623. The Morgan fingerprint density at radius 2 is 1.04 bits per heavy atom. The summed E-state index contributed by atoms with van der Waals surface area (Å²) >= 11 is 15.9. The first-order chi connectivity index (χ1) is 23.5. The molecule has 2 rings (SSSR count). The molecule has 0 aliphatic rings. The van der Waals surface area contributed by atoms with Crippen LogP contribution in [0.2, 0.25) is 0 Å². The molecule has 2 aromatic carbocycles. The Kier molecular flexibility index (Phi) is 31.3. The topological polar surface area (TPSA) is 117 Å². The van der Waals surface area contributed by atoms with E-state index in [4.69, 9.17) is 62.0 Å². The van der Waals surface area contributed by atoms with Crippen LogP contribution in [-0.4, -0.2) is 51.9 Å². The summed E-state index contributed by atoms with van der Waals surface area (Å²) in [6.45, 7) is 12.6. The Morgan fingerprint density at radius 1 is 0.673 bits per heavy atom. The molecular weight excluding hydrogens is 815 g/mol. The average molecular weight is 877 g/mol. The van der Waals surface area contributed by atoms with Crippen molar-refractivity contribution in [2.45, 2.75) is 108 Å². The van der Waals surface area contributed by atoms with Crippen LogP contribution in [0.3, 0.4) is 0 Å². The highest BCUT2D eigenvalue weighted by Crippen LogP contribution is 2.54. The molecule has 0 spiro atoms. The Labute approximate surface area is 328 Å². The second-order valence-corrected chi connectivity index (χ2v) is 21.9. The van der Waals surface area contributed by atoms with Gasteiger partial charge in [-0.2, -0.15) is 0 Å². The quantitative estimate of drug-likeness (QED) is 0.132. The van der Waals surface area contributed by atoms with Gasteiger partial charge < -0.3 is 22.6 Å². The molecule has 0 saturated heterocycles. The van der Waals surface area contributed by atoms with Crippen LogP contribution in [0.25, 0.3) is 0 Å². The van der Waals surface area contributed by atoms with Crippen molar-refractivity contribution in [1.82, 2.24) is 0 Å². The van der Waals surface area contributed by atoms with Gasteiger partial charge in [-0.25, -0.2) is 9.13 Å². The van der Waals surface area contributed by atoms with E-state index in [1.54, 1.807) is 48.5 Å². The van der Waals surface area contributed by atoms with Crippen molar-refractivity contribution in [3.05, 3.63) is 59.7 Å². The molecule has 2 unspecified atom stereocenters. The van der Waals surface area contributed by atoms with E-state index >= 15 is 0 Å². The monoisotopic (exact) mass is 876 g/mol. The first kappa shape index (κ1) is 56.1. The second-order valence-electron chi connectivity index (χ2n) is 11.1. The Bertz CT molecular complexity index is 1370. The lowest BCUT2D eigenvalue weighted by atomic mass is 10.2. The summed E-state index contributed by atoms with van der Waals surface area (Å²) in [4.78, 5) is 0. The van der Waals surface area contributed by atoms with Crippen molar-refractivity contribution in [3.8, 4) is 11.5 Å². The second kappa shape index (κ2) is 29.0. The number of aryl methyl sites for hydroxylation is 2. The molecule has 0 N–H and O–H groups in total. The zero-order valence-electron chi connectivity index (χ0n) is 32.0. The molecule has 0 amide bonds. The zero-order valence-corrected chi connectivity index (χ0v) is 38.0. The van der Waals surface area contributed by atoms with Crippen LogP contribution >= 0.6 is 39.3 Å². The third kappa shape index (κ3) is 30.0. The molecule has 0 aromatic heterocycles. The van der Waals surface area contributed by atoms with E-state index in [2.05, 4.69) is 27.4 Å². The molecule has 0 aliphatic heterocycles.